The zero-order chi connectivity index (χ0) is 24.8. The fraction of sp³-hybridized carbons (Fsp3) is 0.417. The Morgan fingerprint density at radius 3 is 2.71 bits per heavy atom. The Balaban J connectivity index is 1.74. The number of sulfonamides is 1. The van der Waals surface area contributed by atoms with Crippen LogP contribution in [0.4, 0.5) is 4.39 Å². The van der Waals surface area contributed by atoms with Crippen LogP contribution in [0.1, 0.15) is 43.1 Å². The Hall–Kier alpha value is -2.98. The highest BCUT2D eigenvalue weighted by atomic mass is 32.2. The number of H-pyrrole nitrogens is 1. The summed E-state index contributed by atoms with van der Waals surface area (Å²) in [6.07, 6.45) is 4.21. The van der Waals surface area contributed by atoms with Gasteiger partial charge < -0.3 is 14.3 Å². The van der Waals surface area contributed by atoms with E-state index in [9.17, 15) is 22.4 Å². The summed E-state index contributed by atoms with van der Waals surface area (Å²) in [5.41, 5.74) is 1.54. The Labute approximate surface area is 197 Å². The van der Waals surface area contributed by atoms with Gasteiger partial charge in [-0.2, -0.15) is 0 Å². The molecule has 4 rings (SSSR count). The molecule has 182 valence electrons. The van der Waals surface area contributed by atoms with Crippen LogP contribution in [-0.4, -0.2) is 50.1 Å². The minimum atomic E-state index is -3.30. The molecule has 1 atom stereocenters. The maximum Gasteiger partial charge on any atom is 0.257 e. The van der Waals surface area contributed by atoms with Gasteiger partial charge in [0.15, 0.2) is 0 Å². The molecule has 0 saturated carbocycles. The Morgan fingerprint density at radius 2 is 2.03 bits per heavy atom. The molecule has 8 nitrogen and oxygen atoms in total. The molecule has 1 aliphatic heterocycles. The number of rotatable bonds is 5. The minimum absolute atomic E-state index is 0.0170. The number of carbonyl (C=O) groups excluding carboxylic acids is 1. The fourth-order valence-corrected chi connectivity index (χ4v) is 4.85. The molecule has 2 aromatic heterocycles. The molecule has 0 spiro atoms. The van der Waals surface area contributed by atoms with Crippen molar-refractivity contribution in [2.45, 2.75) is 32.6 Å². The molecule has 1 saturated heterocycles. The normalized spacial score (nSPS) is 17.0. The minimum Gasteiger partial charge on any atom is -0.463 e. The second-order valence-corrected chi connectivity index (χ2v) is 11.7. The summed E-state index contributed by atoms with van der Waals surface area (Å²) in [5.74, 6) is -0.782. The molecule has 0 radical (unpaired) electrons. The van der Waals surface area contributed by atoms with Gasteiger partial charge in [0.05, 0.1) is 11.8 Å². The number of carbonyl (C=O) groups is 1. The SMILES string of the molecule is CC(C)(C)c1cc(-c2cc(F)c[nH]c2=O)cc2c(C(=O)N3CC[C@H](CNS(C)(=O)=O)C3)coc12. The molecule has 0 unspecified atom stereocenters. The Kier molecular flexibility index (Phi) is 6.15. The summed E-state index contributed by atoms with van der Waals surface area (Å²) in [6.45, 7) is 7.16. The second kappa shape index (κ2) is 8.66. The van der Waals surface area contributed by atoms with E-state index in [-0.39, 0.29) is 29.3 Å². The number of pyridine rings is 1. The summed E-state index contributed by atoms with van der Waals surface area (Å²) in [5, 5.41) is 0.550. The lowest BCUT2D eigenvalue weighted by atomic mass is 9.84. The molecule has 3 aromatic rings. The molecular weight excluding hydrogens is 461 g/mol. The van der Waals surface area contributed by atoms with Crippen molar-refractivity contribution in [3.8, 4) is 11.1 Å². The van der Waals surface area contributed by atoms with Gasteiger partial charge in [-0.1, -0.05) is 20.8 Å². The molecule has 10 heteroatoms. The van der Waals surface area contributed by atoms with Crippen LogP contribution in [0.5, 0.6) is 0 Å². The highest BCUT2D eigenvalue weighted by Crippen LogP contribution is 2.37. The smallest absolute Gasteiger partial charge is 0.257 e. The Morgan fingerprint density at radius 1 is 1.29 bits per heavy atom. The summed E-state index contributed by atoms with van der Waals surface area (Å²) in [7, 11) is -3.30. The first kappa shape index (κ1) is 24.2. The van der Waals surface area contributed by atoms with Crippen molar-refractivity contribution < 1.29 is 22.0 Å². The van der Waals surface area contributed by atoms with E-state index in [4.69, 9.17) is 4.42 Å². The predicted octanol–water partition coefficient (Wildman–Crippen LogP) is 3.24. The number of nitrogens with zero attached hydrogens (tertiary/aromatic N) is 1. The van der Waals surface area contributed by atoms with E-state index in [0.717, 1.165) is 18.0 Å². The number of fused-ring (bicyclic) bond motifs is 1. The molecule has 1 fully saturated rings. The van der Waals surface area contributed by atoms with Crippen molar-refractivity contribution in [1.82, 2.24) is 14.6 Å². The van der Waals surface area contributed by atoms with E-state index >= 15 is 0 Å². The second-order valence-electron chi connectivity index (χ2n) is 9.89. The zero-order valence-corrected chi connectivity index (χ0v) is 20.4. The fourth-order valence-electron chi connectivity index (χ4n) is 4.31. The zero-order valence-electron chi connectivity index (χ0n) is 19.6. The summed E-state index contributed by atoms with van der Waals surface area (Å²) < 4.78 is 45.0. The van der Waals surface area contributed by atoms with E-state index in [0.29, 0.717) is 41.6 Å². The number of halogens is 1. The lowest BCUT2D eigenvalue weighted by Gasteiger charge is -2.21. The van der Waals surface area contributed by atoms with E-state index in [1.54, 1.807) is 17.0 Å². The lowest BCUT2D eigenvalue weighted by Crippen LogP contribution is -2.32. The molecular formula is C24H28FN3O5S. The quantitative estimate of drug-likeness (QED) is 0.571. The van der Waals surface area contributed by atoms with Crippen LogP contribution in [-0.2, 0) is 15.4 Å². The maximum absolute atomic E-state index is 13.9. The summed E-state index contributed by atoms with van der Waals surface area (Å²) >= 11 is 0. The van der Waals surface area contributed by atoms with E-state index in [2.05, 4.69) is 9.71 Å². The van der Waals surface area contributed by atoms with Crippen LogP contribution in [0.15, 0.2) is 39.9 Å². The first-order chi connectivity index (χ1) is 15.8. The summed E-state index contributed by atoms with van der Waals surface area (Å²) in [4.78, 5) is 29.9. The summed E-state index contributed by atoms with van der Waals surface area (Å²) in [6, 6.07) is 4.66. The molecule has 2 N–H and O–H groups in total. The number of furan rings is 1. The molecule has 1 aromatic carbocycles. The largest absolute Gasteiger partial charge is 0.463 e. The van der Waals surface area contributed by atoms with Crippen molar-refractivity contribution in [3.05, 3.63) is 58.0 Å². The average Bonchev–Trinajstić information content (AvgIpc) is 3.38. The molecule has 3 heterocycles. The Bertz CT molecular complexity index is 1420. The van der Waals surface area contributed by atoms with Crippen LogP contribution >= 0.6 is 0 Å². The first-order valence-electron chi connectivity index (χ1n) is 11.0. The topological polar surface area (TPSA) is 112 Å². The molecule has 34 heavy (non-hydrogen) atoms. The van der Waals surface area contributed by atoms with Crippen molar-refractivity contribution in [2.75, 3.05) is 25.9 Å². The van der Waals surface area contributed by atoms with Gasteiger partial charge in [-0.15, -0.1) is 0 Å². The highest BCUT2D eigenvalue weighted by Gasteiger charge is 2.31. The first-order valence-corrected chi connectivity index (χ1v) is 12.9. The molecule has 0 bridgehead atoms. The van der Waals surface area contributed by atoms with Crippen LogP contribution in [0.3, 0.4) is 0 Å². The number of nitrogens with one attached hydrogen (secondary N) is 2. The van der Waals surface area contributed by atoms with E-state index in [1.807, 2.05) is 20.8 Å². The molecule has 1 amide bonds. The third kappa shape index (κ3) is 4.92. The van der Waals surface area contributed by atoms with Gasteiger partial charge in [-0.3, -0.25) is 9.59 Å². The van der Waals surface area contributed by atoms with Gasteiger partial charge in [-0.05, 0) is 41.5 Å². The van der Waals surface area contributed by atoms with Crippen LogP contribution in [0, 0.1) is 11.7 Å². The van der Waals surface area contributed by atoms with Crippen molar-refractivity contribution >= 4 is 26.9 Å². The highest BCUT2D eigenvalue weighted by molar-refractivity contribution is 7.88. The third-order valence-electron chi connectivity index (χ3n) is 6.10. The number of hydrogen-bond acceptors (Lipinski definition) is 5. The van der Waals surface area contributed by atoms with Crippen LogP contribution < -0.4 is 10.3 Å². The standard InChI is InChI=1S/C24H28FN3O5S/c1-24(2,3)20-8-15(17-9-16(25)11-26-22(17)29)7-18-19(13-33-21(18)20)23(30)28-6-5-14(12-28)10-27-34(4,31)32/h7-9,11,13-14,27H,5-6,10,12H2,1-4H3,(H,26,29)/t14-/m1/s1. The molecule has 0 aliphatic carbocycles. The van der Waals surface area contributed by atoms with Gasteiger partial charge in [0.2, 0.25) is 10.0 Å². The third-order valence-corrected chi connectivity index (χ3v) is 6.79. The number of amides is 1. The van der Waals surface area contributed by atoms with Crippen molar-refractivity contribution in [3.63, 3.8) is 0 Å². The molecule has 1 aliphatic rings. The van der Waals surface area contributed by atoms with Gasteiger partial charge in [0.25, 0.3) is 11.5 Å². The van der Waals surface area contributed by atoms with Gasteiger partial charge >= 0.3 is 0 Å². The number of benzene rings is 1. The van der Waals surface area contributed by atoms with E-state index in [1.165, 1.54) is 12.3 Å². The van der Waals surface area contributed by atoms with Gasteiger partial charge in [0.1, 0.15) is 17.7 Å². The number of likely N-dealkylation sites (tertiary alicyclic amines) is 1. The van der Waals surface area contributed by atoms with Gasteiger partial charge in [-0.25, -0.2) is 17.5 Å². The van der Waals surface area contributed by atoms with Gasteiger partial charge in [0, 0.05) is 42.3 Å². The number of aromatic amines is 1. The monoisotopic (exact) mass is 489 g/mol. The van der Waals surface area contributed by atoms with Crippen LogP contribution in [0.25, 0.3) is 22.1 Å². The van der Waals surface area contributed by atoms with Crippen molar-refractivity contribution in [1.29, 1.82) is 0 Å². The van der Waals surface area contributed by atoms with E-state index < -0.39 is 21.4 Å². The maximum atomic E-state index is 13.9. The van der Waals surface area contributed by atoms with Crippen molar-refractivity contribution in [2.24, 2.45) is 5.92 Å². The van der Waals surface area contributed by atoms with Crippen LogP contribution in [0.2, 0.25) is 0 Å². The lowest BCUT2D eigenvalue weighted by molar-refractivity contribution is 0.0788. The number of hydrogen-bond donors (Lipinski definition) is 2. The number of aromatic nitrogens is 1. The average molecular weight is 490 g/mol. The predicted molar refractivity (Wildman–Crippen MR) is 128 cm³/mol.